The van der Waals surface area contributed by atoms with E-state index in [2.05, 4.69) is 11.4 Å². The Kier molecular flexibility index (Phi) is 12.5. The van der Waals surface area contributed by atoms with Crippen LogP contribution in [-0.4, -0.2) is 46.3 Å². The zero-order valence-electron chi connectivity index (χ0n) is 29.5. The molecule has 2 amide bonds. The van der Waals surface area contributed by atoms with E-state index in [0.717, 1.165) is 16.7 Å². The number of carbonyl (C=O) groups is 3. The molecular formula is C42H44N4O6. The molecule has 0 spiro atoms. The standard InChI is InChI=1S/C42H44N4O6/c1-30(2)42(29-43,34-18-10-5-11-19-34)25-13-12-20-38(47)45-28-36(52-39(48)26-31-21-23-35(24-22-31)46(50)51)27-37(45)41(49)44-40(32-14-6-3-7-15-32)33-16-8-4-9-17-33/h3-11,14-19,21-24,30,36-37,40H,12-13,20,25-28H2,1-2H3,(H,44,49). The van der Waals surface area contributed by atoms with Gasteiger partial charge in [-0.15, -0.1) is 0 Å². The van der Waals surface area contributed by atoms with E-state index in [1.54, 1.807) is 0 Å². The van der Waals surface area contributed by atoms with Crippen LogP contribution in [0.5, 0.6) is 0 Å². The fourth-order valence-electron chi connectivity index (χ4n) is 7.00. The van der Waals surface area contributed by atoms with Crippen molar-refractivity contribution < 1.29 is 24.0 Å². The van der Waals surface area contributed by atoms with Crippen molar-refractivity contribution in [2.24, 2.45) is 5.92 Å². The number of hydrogen-bond donors (Lipinski definition) is 1. The molecule has 3 unspecified atom stereocenters. The number of non-ortho nitro benzene ring substituents is 1. The van der Waals surface area contributed by atoms with E-state index in [4.69, 9.17) is 4.74 Å². The quantitative estimate of drug-likeness (QED) is 0.0597. The second kappa shape index (κ2) is 17.4. The summed E-state index contributed by atoms with van der Waals surface area (Å²) in [5, 5.41) is 24.5. The Morgan fingerprint density at radius 2 is 1.48 bits per heavy atom. The summed E-state index contributed by atoms with van der Waals surface area (Å²) in [7, 11) is 0. The third kappa shape index (κ3) is 9.09. The van der Waals surface area contributed by atoms with E-state index in [0.29, 0.717) is 24.8 Å². The smallest absolute Gasteiger partial charge is 0.310 e. The van der Waals surface area contributed by atoms with Crippen molar-refractivity contribution in [3.05, 3.63) is 148 Å². The molecule has 0 bridgehead atoms. The van der Waals surface area contributed by atoms with E-state index >= 15 is 0 Å². The Balaban J connectivity index is 1.30. The van der Waals surface area contributed by atoms with Crippen LogP contribution >= 0.6 is 0 Å². The summed E-state index contributed by atoms with van der Waals surface area (Å²) in [5.41, 5.74) is 2.51. The Morgan fingerprint density at radius 3 is 2.02 bits per heavy atom. The van der Waals surface area contributed by atoms with Crippen molar-refractivity contribution >= 4 is 23.5 Å². The molecule has 0 radical (unpaired) electrons. The minimum absolute atomic E-state index is 0.0579. The van der Waals surface area contributed by atoms with Gasteiger partial charge in [-0.05, 0) is 41.0 Å². The number of rotatable bonds is 15. The van der Waals surface area contributed by atoms with Crippen LogP contribution < -0.4 is 5.32 Å². The van der Waals surface area contributed by atoms with Crippen LogP contribution in [0.2, 0.25) is 0 Å². The lowest BCUT2D eigenvalue weighted by Crippen LogP contribution is -2.47. The van der Waals surface area contributed by atoms with Gasteiger partial charge in [0.2, 0.25) is 11.8 Å². The van der Waals surface area contributed by atoms with Gasteiger partial charge in [-0.2, -0.15) is 5.26 Å². The van der Waals surface area contributed by atoms with Crippen molar-refractivity contribution in [3.8, 4) is 6.07 Å². The molecule has 1 saturated heterocycles. The second-order valence-electron chi connectivity index (χ2n) is 13.6. The third-order valence-corrected chi connectivity index (χ3v) is 9.92. The Bertz CT molecular complexity index is 1820. The van der Waals surface area contributed by atoms with Crippen molar-refractivity contribution in [1.82, 2.24) is 10.2 Å². The summed E-state index contributed by atoms with van der Waals surface area (Å²) in [6.07, 6.45) is 1.20. The van der Waals surface area contributed by atoms with Gasteiger partial charge in [-0.1, -0.05) is 123 Å². The molecule has 3 atom stereocenters. The number of carbonyl (C=O) groups excluding carboxylic acids is 3. The van der Waals surface area contributed by atoms with Gasteiger partial charge in [0, 0.05) is 25.0 Å². The highest BCUT2D eigenvalue weighted by molar-refractivity contribution is 5.89. The highest BCUT2D eigenvalue weighted by atomic mass is 16.6. The van der Waals surface area contributed by atoms with Crippen LogP contribution in [0.4, 0.5) is 5.69 Å². The number of nitro groups is 1. The fourth-order valence-corrected chi connectivity index (χ4v) is 7.00. The fraction of sp³-hybridized carbons (Fsp3) is 0.333. The normalized spacial score (nSPS) is 16.6. The molecule has 10 heteroatoms. The maximum Gasteiger partial charge on any atom is 0.310 e. The lowest BCUT2D eigenvalue weighted by molar-refractivity contribution is -0.384. The number of likely N-dealkylation sites (tertiary alicyclic amines) is 1. The number of ether oxygens (including phenoxy) is 1. The number of amides is 2. The molecule has 0 aromatic heterocycles. The van der Waals surface area contributed by atoms with Gasteiger partial charge in [0.1, 0.15) is 12.1 Å². The first-order chi connectivity index (χ1) is 25.1. The second-order valence-corrected chi connectivity index (χ2v) is 13.6. The highest BCUT2D eigenvalue weighted by Crippen LogP contribution is 2.37. The van der Waals surface area contributed by atoms with Crippen molar-refractivity contribution in [3.63, 3.8) is 0 Å². The van der Waals surface area contributed by atoms with Crippen LogP contribution in [0.25, 0.3) is 0 Å². The van der Waals surface area contributed by atoms with E-state index in [9.17, 15) is 29.8 Å². The molecule has 1 N–H and O–H groups in total. The SMILES string of the molecule is CC(C)C(C#N)(CCCCC(=O)N1CC(OC(=O)Cc2ccc([N+](=O)[O-])cc2)CC1C(=O)NC(c1ccccc1)c1ccccc1)c1ccccc1. The Morgan fingerprint density at radius 1 is 0.904 bits per heavy atom. The number of esters is 1. The van der Waals surface area contributed by atoms with Crippen LogP contribution in [0, 0.1) is 27.4 Å². The molecular weight excluding hydrogens is 656 g/mol. The van der Waals surface area contributed by atoms with Gasteiger partial charge in [-0.3, -0.25) is 24.5 Å². The number of nitriles is 1. The Labute approximate surface area is 304 Å². The molecule has 4 aromatic carbocycles. The van der Waals surface area contributed by atoms with Gasteiger partial charge >= 0.3 is 5.97 Å². The lowest BCUT2D eigenvalue weighted by Gasteiger charge is -2.31. The molecule has 52 heavy (non-hydrogen) atoms. The average Bonchev–Trinajstić information content (AvgIpc) is 3.59. The minimum atomic E-state index is -0.877. The minimum Gasteiger partial charge on any atom is -0.460 e. The summed E-state index contributed by atoms with van der Waals surface area (Å²) in [4.78, 5) is 53.0. The van der Waals surface area contributed by atoms with Crippen molar-refractivity contribution in [2.75, 3.05) is 6.54 Å². The number of nitrogens with zero attached hydrogens (tertiary/aromatic N) is 3. The molecule has 268 valence electrons. The van der Waals surface area contributed by atoms with Gasteiger partial charge in [-0.25, -0.2) is 0 Å². The van der Waals surface area contributed by atoms with E-state index < -0.39 is 34.5 Å². The van der Waals surface area contributed by atoms with E-state index in [1.165, 1.54) is 29.2 Å². The van der Waals surface area contributed by atoms with Crippen molar-refractivity contribution in [2.45, 2.75) is 76.0 Å². The molecule has 4 aromatic rings. The van der Waals surface area contributed by atoms with E-state index in [-0.39, 0.29) is 49.2 Å². The van der Waals surface area contributed by atoms with Gasteiger partial charge in [0.15, 0.2) is 0 Å². The largest absolute Gasteiger partial charge is 0.460 e. The molecule has 5 rings (SSSR count). The topological polar surface area (TPSA) is 143 Å². The number of hydrogen-bond acceptors (Lipinski definition) is 7. The number of nitrogens with one attached hydrogen (secondary N) is 1. The Hall–Kier alpha value is -5.82. The van der Waals surface area contributed by atoms with Crippen LogP contribution in [0.15, 0.2) is 115 Å². The molecule has 1 aliphatic rings. The molecule has 1 heterocycles. The zero-order chi connectivity index (χ0) is 37.1. The van der Waals surface area contributed by atoms with Crippen molar-refractivity contribution in [1.29, 1.82) is 5.26 Å². The summed E-state index contributed by atoms with van der Waals surface area (Å²) in [5.74, 6) is -1.07. The average molecular weight is 701 g/mol. The predicted molar refractivity (Wildman–Crippen MR) is 197 cm³/mol. The molecule has 1 aliphatic heterocycles. The van der Waals surface area contributed by atoms with Crippen LogP contribution in [0.3, 0.4) is 0 Å². The number of unbranched alkanes of at least 4 members (excludes halogenated alkanes) is 1. The van der Waals surface area contributed by atoms with Crippen LogP contribution in [-0.2, 0) is 31.0 Å². The first kappa shape index (κ1) is 37.4. The van der Waals surface area contributed by atoms with Gasteiger partial charge in [0.05, 0.1) is 35.4 Å². The highest BCUT2D eigenvalue weighted by Gasteiger charge is 2.42. The molecule has 1 fully saturated rings. The first-order valence-electron chi connectivity index (χ1n) is 17.7. The number of benzene rings is 4. The molecule has 0 saturated carbocycles. The number of nitro benzene ring substituents is 1. The maximum atomic E-state index is 14.1. The first-order valence-corrected chi connectivity index (χ1v) is 17.7. The zero-order valence-corrected chi connectivity index (χ0v) is 29.5. The maximum absolute atomic E-state index is 14.1. The lowest BCUT2D eigenvalue weighted by atomic mass is 9.69. The summed E-state index contributed by atoms with van der Waals surface area (Å²) in [6, 6.07) is 35.8. The summed E-state index contributed by atoms with van der Waals surface area (Å²) >= 11 is 0. The summed E-state index contributed by atoms with van der Waals surface area (Å²) in [6.45, 7) is 4.13. The van der Waals surface area contributed by atoms with Gasteiger partial charge < -0.3 is 15.0 Å². The molecule has 0 aliphatic carbocycles. The van der Waals surface area contributed by atoms with Crippen LogP contribution in [0.1, 0.15) is 74.2 Å². The van der Waals surface area contributed by atoms with Gasteiger partial charge in [0.25, 0.3) is 5.69 Å². The third-order valence-electron chi connectivity index (χ3n) is 9.92. The summed E-state index contributed by atoms with van der Waals surface area (Å²) < 4.78 is 5.81. The predicted octanol–water partition coefficient (Wildman–Crippen LogP) is 7.23. The monoisotopic (exact) mass is 700 g/mol. The van der Waals surface area contributed by atoms with E-state index in [1.807, 2.05) is 105 Å². The molecule has 10 nitrogen and oxygen atoms in total.